The first-order chi connectivity index (χ1) is 13.5. The highest BCUT2D eigenvalue weighted by molar-refractivity contribution is 5.94. The summed E-state index contributed by atoms with van der Waals surface area (Å²) in [5.74, 6) is -1.00. The summed E-state index contributed by atoms with van der Waals surface area (Å²) in [6.07, 6.45) is 1.64. The highest BCUT2D eigenvalue weighted by Crippen LogP contribution is 2.39. The zero-order valence-corrected chi connectivity index (χ0v) is 15.2. The second-order valence-electron chi connectivity index (χ2n) is 6.36. The number of imidazole rings is 1. The van der Waals surface area contributed by atoms with Gasteiger partial charge >= 0.3 is 0 Å². The number of anilines is 1. The van der Waals surface area contributed by atoms with Crippen molar-refractivity contribution in [3.05, 3.63) is 65.6 Å². The van der Waals surface area contributed by atoms with Gasteiger partial charge < -0.3 is 14.8 Å². The van der Waals surface area contributed by atoms with Crippen LogP contribution in [0.3, 0.4) is 0 Å². The van der Waals surface area contributed by atoms with Crippen molar-refractivity contribution >= 4 is 11.7 Å². The smallest absolute Gasteiger partial charge is 0.226 e. The van der Waals surface area contributed by atoms with Crippen molar-refractivity contribution in [1.29, 1.82) is 0 Å². The molecule has 0 aliphatic carbocycles. The van der Waals surface area contributed by atoms with E-state index in [1.54, 1.807) is 36.2 Å². The maximum Gasteiger partial charge on any atom is 0.226 e. The summed E-state index contributed by atoms with van der Waals surface area (Å²) in [7, 11) is 3.09. The van der Waals surface area contributed by atoms with Crippen LogP contribution in [0.5, 0.6) is 11.5 Å². The van der Waals surface area contributed by atoms with Crippen molar-refractivity contribution < 1.29 is 23.0 Å². The number of nitrogens with one attached hydrogen (secondary N) is 1. The number of rotatable bonds is 4. The Hall–Kier alpha value is -3.42. The molecule has 8 heteroatoms. The summed E-state index contributed by atoms with van der Waals surface area (Å²) in [4.78, 5) is 16.8. The van der Waals surface area contributed by atoms with Gasteiger partial charge in [0.15, 0.2) is 11.6 Å². The molecular formula is C20H17F2N3O3. The van der Waals surface area contributed by atoms with E-state index in [4.69, 9.17) is 9.47 Å². The lowest BCUT2D eigenvalue weighted by atomic mass is 9.89. The molecule has 1 amide bonds. The molecule has 4 rings (SSSR count). The Morgan fingerprint density at radius 1 is 1.11 bits per heavy atom. The van der Waals surface area contributed by atoms with Crippen molar-refractivity contribution in [3.63, 3.8) is 0 Å². The third-order valence-corrected chi connectivity index (χ3v) is 4.76. The predicted octanol–water partition coefficient (Wildman–Crippen LogP) is 3.64. The van der Waals surface area contributed by atoms with Gasteiger partial charge in [-0.3, -0.25) is 9.36 Å². The van der Waals surface area contributed by atoms with Gasteiger partial charge in [0, 0.05) is 18.4 Å². The average molecular weight is 385 g/mol. The number of ether oxygens (including phenoxy) is 2. The van der Waals surface area contributed by atoms with Crippen LogP contribution in [0.25, 0.3) is 5.69 Å². The molecular weight excluding hydrogens is 368 g/mol. The Labute approximate surface area is 159 Å². The minimum Gasteiger partial charge on any atom is -0.497 e. The Kier molecular flexibility index (Phi) is 4.46. The largest absolute Gasteiger partial charge is 0.497 e. The van der Waals surface area contributed by atoms with E-state index in [2.05, 4.69) is 10.3 Å². The molecule has 1 aliphatic heterocycles. The van der Waals surface area contributed by atoms with Crippen molar-refractivity contribution in [3.8, 4) is 17.2 Å². The van der Waals surface area contributed by atoms with E-state index >= 15 is 0 Å². The van der Waals surface area contributed by atoms with Gasteiger partial charge in [0.2, 0.25) is 5.91 Å². The Morgan fingerprint density at radius 2 is 1.93 bits per heavy atom. The molecule has 0 fully saturated rings. The third-order valence-electron chi connectivity index (χ3n) is 4.76. The topological polar surface area (TPSA) is 65.4 Å². The molecule has 28 heavy (non-hydrogen) atoms. The van der Waals surface area contributed by atoms with Crippen LogP contribution in [-0.2, 0) is 4.79 Å². The molecule has 0 saturated heterocycles. The van der Waals surface area contributed by atoms with Crippen molar-refractivity contribution in [2.24, 2.45) is 0 Å². The number of benzene rings is 2. The van der Waals surface area contributed by atoms with Crippen LogP contribution in [0.4, 0.5) is 14.6 Å². The monoisotopic (exact) mass is 385 g/mol. The number of hydrogen-bond acceptors (Lipinski definition) is 4. The molecule has 0 saturated carbocycles. The lowest BCUT2D eigenvalue weighted by Gasteiger charge is -2.24. The van der Waals surface area contributed by atoms with Crippen LogP contribution in [-0.4, -0.2) is 29.7 Å². The molecule has 1 aromatic heterocycles. The van der Waals surface area contributed by atoms with E-state index in [0.717, 1.165) is 12.1 Å². The fraction of sp³-hybridized carbons (Fsp3) is 0.200. The van der Waals surface area contributed by atoms with Crippen molar-refractivity contribution in [2.45, 2.75) is 12.3 Å². The van der Waals surface area contributed by atoms with Crippen LogP contribution in [0.15, 0.2) is 42.7 Å². The lowest BCUT2D eigenvalue weighted by Crippen LogP contribution is -2.25. The summed E-state index contributed by atoms with van der Waals surface area (Å²) in [5, 5.41) is 2.82. The quantitative estimate of drug-likeness (QED) is 0.745. The maximum absolute atomic E-state index is 13.7. The van der Waals surface area contributed by atoms with Gasteiger partial charge in [-0.05, 0) is 29.8 Å². The number of halogens is 2. The number of aromatic nitrogens is 2. The van der Waals surface area contributed by atoms with E-state index in [-0.39, 0.29) is 12.3 Å². The molecule has 6 nitrogen and oxygen atoms in total. The van der Waals surface area contributed by atoms with Crippen LogP contribution in [0.2, 0.25) is 0 Å². The number of methoxy groups -OCH3 is 2. The molecule has 3 aromatic rings. The zero-order chi connectivity index (χ0) is 19.8. The standard InChI is InChI=1S/C20H17F2N3O3/c1-27-12-4-6-17(28-2)16(8-12)25-10-23-19-13(9-18(26)24-20(19)25)11-3-5-14(21)15(22)7-11/h3-8,10,13H,9H2,1-2H3,(H,24,26)/t13-/m0/s1. The molecule has 1 atom stereocenters. The minimum absolute atomic E-state index is 0.0876. The number of carbonyl (C=O) groups is 1. The van der Waals surface area contributed by atoms with Crippen molar-refractivity contribution in [2.75, 3.05) is 19.5 Å². The maximum atomic E-state index is 13.7. The highest BCUT2D eigenvalue weighted by atomic mass is 19.2. The zero-order valence-electron chi connectivity index (χ0n) is 15.2. The summed E-state index contributed by atoms with van der Waals surface area (Å²) >= 11 is 0. The molecule has 1 aliphatic rings. The van der Waals surface area contributed by atoms with Crippen LogP contribution in [0.1, 0.15) is 23.6 Å². The fourth-order valence-corrected chi connectivity index (χ4v) is 3.38. The van der Waals surface area contributed by atoms with Gasteiger partial charge in [-0.25, -0.2) is 13.8 Å². The molecule has 144 valence electrons. The number of carbonyl (C=O) groups excluding carboxylic acids is 1. The fourth-order valence-electron chi connectivity index (χ4n) is 3.38. The van der Waals surface area contributed by atoms with E-state index in [1.165, 1.54) is 13.2 Å². The van der Waals surface area contributed by atoms with E-state index < -0.39 is 17.6 Å². The van der Waals surface area contributed by atoms with E-state index in [1.807, 2.05) is 0 Å². The number of nitrogens with zero attached hydrogens (tertiary/aromatic N) is 2. The van der Waals surface area contributed by atoms with E-state index in [9.17, 15) is 13.6 Å². The van der Waals surface area contributed by atoms with Gasteiger partial charge in [0.05, 0.1) is 25.6 Å². The summed E-state index contributed by atoms with van der Waals surface area (Å²) in [6.45, 7) is 0. The second kappa shape index (κ2) is 6.95. The third kappa shape index (κ3) is 2.96. The Bertz CT molecular complexity index is 1060. The molecule has 0 spiro atoms. The average Bonchev–Trinajstić information content (AvgIpc) is 3.12. The molecule has 2 heterocycles. The van der Waals surface area contributed by atoms with E-state index in [0.29, 0.717) is 34.3 Å². The first kappa shape index (κ1) is 18.0. The van der Waals surface area contributed by atoms with Gasteiger partial charge in [-0.1, -0.05) is 6.07 Å². The number of amides is 1. The first-order valence-electron chi connectivity index (χ1n) is 8.56. The summed E-state index contributed by atoms with van der Waals surface area (Å²) in [5.41, 5.74) is 1.68. The summed E-state index contributed by atoms with van der Waals surface area (Å²) in [6, 6.07) is 8.89. The van der Waals surface area contributed by atoms with Crippen LogP contribution >= 0.6 is 0 Å². The molecule has 0 radical (unpaired) electrons. The Balaban J connectivity index is 1.84. The lowest BCUT2D eigenvalue weighted by molar-refractivity contribution is -0.116. The van der Waals surface area contributed by atoms with Crippen LogP contribution < -0.4 is 14.8 Å². The molecule has 0 bridgehead atoms. The van der Waals surface area contributed by atoms with Crippen molar-refractivity contribution in [1.82, 2.24) is 9.55 Å². The van der Waals surface area contributed by atoms with Crippen LogP contribution in [0, 0.1) is 11.6 Å². The minimum atomic E-state index is -0.959. The predicted molar refractivity (Wildman–Crippen MR) is 98.1 cm³/mol. The number of fused-ring (bicyclic) bond motifs is 1. The molecule has 2 aromatic carbocycles. The van der Waals surface area contributed by atoms with Gasteiger partial charge in [0.25, 0.3) is 0 Å². The SMILES string of the molecule is COc1ccc(OC)c(-n2cnc3c2NC(=O)C[C@H]3c2ccc(F)c(F)c2)c1. The van der Waals surface area contributed by atoms with Gasteiger partial charge in [0.1, 0.15) is 23.6 Å². The summed E-state index contributed by atoms with van der Waals surface area (Å²) < 4.78 is 39.4. The van der Waals surface area contributed by atoms with Gasteiger partial charge in [-0.15, -0.1) is 0 Å². The second-order valence-corrected chi connectivity index (χ2v) is 6.36. The number of hydrogen-bond donors (Lipinski definition) is 1. The first-order valence-corrected chi connectivity index (χ1v) is 8.56. The molecule has 1 N–H and O–H groups in total. The molecule has 0 unspecified atom stereocenters. The van der Waals surface area contributed by atoms with Gasteiger partial charge in [-0.2, -0.15) is 0 Å². The normalized spacial score (nSPS) is 15.7. The Morgan fingerprint density at radius 3 is 2.64 bits per heavy atom. The highest BCUT2D eigenvalue weighted by Gasteiger charge is 2.32.